The number of allylic oxidation sites excluding steroid dienone is 1. The van der Waals surface area contributed by atoms with Crippen LogP contribution in [0.4, 0.5) is 5.69 Å². The predicted molar refractivity (Wildman–Crippen MR) is 59.3 cm³/mol. The van der Waals surface area contributed by atoms with Gasteiger partial charge in [0.2, 0.25) is 5.91 Å². The zero-order chi connectivity index (χ0) is 10.4. The third-order valence-corrected chi connectivity index (χ3v) is 1.92. The summed E-state index contributed by atoms with van der Waals surface area (Å²) in [4.78, 5) is 11.2. The van der Waals surface area contributed by atoms with Gasteiger partial charge in [-0.3, -0.25) is 4.79 Å². The molecule has 2 heteroatoms. The second-order valence-corrected chi connectivity index (χ2v) is 3.04. The maximum atomic E-state index is 11.2. The first-order chi connectivity index (χ1) is 6.76. The largest absolute Gasteiger partial charge is 0.323 e. The Morgan fingerprint density at radius 3 is 2.93 bits per heavy atom. The zero-order valence-electron chi connectivity index (χ0n) is 8.58. The topological polar surface area (TPSA) is 29.1 Å². The third kappa shape index (κ3) is 3.05. The van der Waals surface area contributed by atoms with Crippen LogP contribution in [-0.2, 0) is 11.2 Å². The molecule has 1 aromatic rings. The summed E-state index contributed by atoms with van der Waals surface area (Å²) < 4.78 is 0. The highest BCUT2D eigenvalue weighted by Crippen LogP contribution is 2.10. The highest BCUT2D eigenvalue weighted by atomic mass is 16.1. The van der Waals surface area contributed by atoms with E-state index in [1.54, 1.807) is 6.08 Å². The second kappa shape index (κ2) is 5.22. The van der Waals surface area contributed by atoms with Gasteiger partial charge in [0.25, 0.3) is 0 Å². The SMILES string of the molecule is C/C=C/C(=O)Nc1cccc(CC)c1. The summed E-state index contributed by atoms with van der Waals surface area (Å²) in [6, 6.07) is 7.87. The van der Waals surface area contributed by atoms with E-state index >= 15 is 0 Å². The Labute approximate surface area is 84.6 Å². The van der Waals surface area contributed by atoms with Crippen LogP contribution in [0.2, 0.25) is 0 Å². The number of carbonyl (C=O) groups excluding carboxylic acids is 1. The van der Waals surface area contributed by atoms with E-state index in [0.717, 1.165) is 12.1 Å². The quantitative estimate of drug-likeness (QED) is 0.728. The van der Waals surface area contributed by atoms with Crippen LogP contribution >= 0.6 is 0 Å². The maximum Gasteiger partial charge on any atom is 0.248 e. The summed E-state index contributed by atoms with van der Waals surface area (Å²) in [6.45, 7) is 3.91. The number of hydrogen-bond donors (Lipinski definition) is 1. The first kappa shape index (κ1) is 10.5. The molecule has 0 aliphatic rings. The van der Waals surface area contributed by atoms with Gasteiger partial charge < -0.3 is 5.32 Å². The average Bonchev–Trinajstić information content (AvgIpc) is 2.18. The van der Waals surface area contributed by atoms with E-state index in [1.807, 2.05) is 31.2 Å². The number of aryl methyl sites for hydroxylation is 1. The van der Waals surface area contributed by atoms with Crippen LogP contribution in [0.1, 0.15) is 19.4 Å². The van der Waals surface area contributed by atoms with Gasteiger partial charge in [-0.05, 0) is 37.1 Å². The molecule has 2 nitrogen and oxygen atoms in total. The Bertz CT molecular complexity index is 342. The number of anilines is 1. The van der Waals surface area contributed by atoms with Crippen LogP contribution in [0.3, 0.4) is 0 Å². The van der Waals surface area contributed by atoms with Crippen molar-refractivity contribution in [1.82, 2.24) is 0 Å². The fraction of sp³-hybridized carbons (Fsp3) is 0.250. The van der Waals surface area contributed by atoms with Crippen molar-refractivity contribution >= 4 is 11.6 Å². The third-order valence-electron chi connectivity index (χ3n) is 1.92. The monoisotopic (exact) mass is 189 g/mol. The Kier molecular flexibility index (Phi) is 3.92. The molecule has 0 aromatic heterocycles. The minimum atomic E-state index is -0.0826. The summed E-state index contributed by atoms with van der Waals surface area (Å²) in [5.41, 5.74) is 2.08. The lowest BCUT2D eigenvalue weighted by Crippen LogP contribution is -2.07. The Balaban J connectivity index is 2.71. The first-order valence-corrected chi connectivity index (χ1v) is 4.79. The number of rotatable bonds is 3. The van der Waals surface area contributed by atoms with Gasteiger partial charge in [-0.2, -0.15) is 0 Å². The molecule has 74 valence electrons. The minimum Gasteiger partial charge on any atom is -0.323 e. The van der Waals surface area contributed by atoms with Crippen molar-refractivity contribution in [2.45, 2.75) is 20.3 Å². The second-order valence-electron chi connectivity index (χ2n) is 3.04. The van der Waals surface area contributed by atoms with Crippen molar-refractivity contribution in [3.8, 4) is 0 Å². The highest BCUT2D eigenvalue weighted by molar-refractivity contribution is 5.99. The number of amides is 1. The van der Waals surface area contributed by atoms with Crippen LogP contribution in [0.5, 0.6) is 0 Å². The Morgan fingerprint density at radius 2 is 2.29 bits per heavy atom. The Hall–Kier alpha value is -1.57. The average molecular weight is 189 g/mol. The van der Waals surface area contributed by atoms with Gasteiger partial charge in [0.05, 0.1) is 0 Å². The normalized spacial score (nSPS) is 10.4. The van der Waals surface area contributed by atoms with Gasteiger partial charge in [-0.25, -0.2) is 0 Å². The molecule has 0 unspecified atom stereocenters. The van der Waals surface area contributed by atoms with Crippen molar-refractivity contribution in [2.75, 3.05) is 5.32 Å². The molecule has 0 atom stereocenters. The number of hydrogen-bond acceptors (Lipinski definition) is 1. The molecular formula is C12H15NO. The van der Waals surface area contributed by atoms with E-state index in [1.165, 1.54) is 11.6 Å². The first-order valence-electron chi connectivity index (χ1n) is 4.79. The molecule has 0 saturated heterocycles. The van der Waals surface area contributed by atoms with Gasteiger partial charge in [-0.1, -0.05) is 25.1 Å². The molecular weight excluding hydrogens is 174 g/mol. The molecule has 1 rings (SSSR count). The molecule has 0 bridgehead atoms. The van der Waals surface area contributed by atoms with Crippen LogP contribution in [0.15, 0.2) is 36.4 Å². The minimum absolute atomic E-state index is 0.0826. The summed E-state index contributed by atoms with van der Waals surface area (Å²) >= 11 is 0. The lowest BCUT2D eigenvalue weighted by Gasteiger charge is -2.03. The zero-order valence-corrected chi connectivity index (χ0v) is 8.58. The summed E-state index contributed by atoms with van der Waals surface area (Å²) in [5.74, 6) is -0.0826. The van der Waals surface area contributed by atoms with Gasteiger partial charge in [0, 0.05) is 5.69 Å². The summed E-state index contributed by atoms with van der Waals surface area (Å²) in [5, 5.41) is 2.79. The van der Waals surface area contributed by atoms with Crippen molar-refractivity contribution < 1.29 is 4.79 Å². The summed E-state index contributed by atoms with van der Waals surface area (Å²) in [7, 11) is 0. The molecule has 1 N–H and O–H groups in total. The van der Waals surface area contributed by atoms with Crippen molar-refractivity contribution in [1.29, 1.82) is 0 Å². The van der Waals surface area contributed by atoms with Gasteiger partial charge >= 0.3 is 0 Å². The van der Waals surface area contributed by atoms with Crippen molar-refractivity contribution in [3.05, 3.63) is 42.0 Å². The van der Waals surface area contributed by atoms with Crippen LogP contribution in [-0.4, -0.2) is 5.91 Å². The van der Waals surface area contributed by atoms with Gasteiger partial charge in [-0.15, -0.1) is 0 Å². The van der Waals surface area contributed by atoms with E-state index in [0.29, 0.717) is 0 Å². The van der Waals surface area contributed by atoms with E-state index in [9.17, 15) is 4.79 Å². The molecule has 0 fully saturated rings. The molecule has 0 heterocycles. The fourth-order valence-corrected chi connectivity index (χ4v) is 1.20. The smallest absolute Gasteiger partial charge is 0.248 e. The van der Waals surface area contributed by atoms with Crippen molar-refractivity contribution in [3.63, 3.8) is 0 Å². The van der Waals surface area contributed by atoms with Crippen LogP contribution in [0.25, 0.3) is 0 Å². The number of benzene rings is 1. The highest BCUT2D eigenvalue weighted by Gasteiger charge is 1.97. The number of nitrogens with one attached hydrogen (secondary N) is 1. The van der Waals surface area contributed by atoms with E-state index in [-0.39, 0.29) is 5.91 Å². The predicted octanol–water partition coefficient (Wildman–Crippen LogP) is 2.76. The fourth-order valence-electron chi connectivity index (χ4n) is 1.20. The lowest BCUT2D eigenvalue weighted by atomic mass is 10.1. The number of carbonyl (C=O) groups is 1. The summed E-state index contributed by atoms with van der Waals surface area (Å²) in [6.07, 6.45) is 4.21. The molecule has 1 amide bonds. The molecule has 0 saturated carbocycles. The Morgan fingerprint density at radius 1 is 1.50 bits per heavy atom. The molecule has 14 heavy (non-hydrogen) atoms. The van der Waals surface area contributed by atoms with E-state index in [4.69, 9.17) is 0 Å². The maximum absolute atomic E-state index is 11.2. The standard InChI is InChI=1S/C12H15NO/c1-3-6-12(14)13-11-8-5-7-10(4-2)9-11/h3,5-9H,4H2,1-2H3,(H,13,14)/b6-3+. The van der Waals surface area contributed by atoms with Crippen LogP contribution in [0, 0.1) is 0 Å². The lowest BCUT2D eigenvalue weighted by molar-refractivity contribution is -0.111. The van der Waals surface area contributed by atoms with Gasteiger partial charge in [0.1, 0.15) is 0 Å². The van der Waals surface area contributed by atoms with E-state index in [2.05, 4.69) is 12.2 Å². The van der Waals surface area contributed by atoms with E-state index < -0.39 is 0 Å². The van der Waals surface area contributed by atoms with Crippen molar-refractivity contribution in [2.24, 2.45) is 0 Å². The molecule has 1 aromatic carbocycles. The van der Waals surface area contributed by atoms with Gasteiger partial charge in [0.15, 0.2) is 0 Å². The molecule has 0 aliphatic carbocycles. The molecule has 0 aliphatic heterocycles. The molecule has 0 radical (unpaired) electrons. The van der Waals surface area contributed by atoms with Crippen LogP contribution < -0.4 is 5.32 Å². The molecule has 0 spiro atoms.